The lowest BCUT2D eigenvalue weighted by molar-refractivity contribution is 1.22. The van der Waals surface area contributed by atoms with Crippen molar-refractivity contribution in [2.75, 3.05) is 5.73 Å². The number of nitrogen functional groups attached to an aromatic ring is 1. The van der Waals surface area contributed by atoms with E-state index in [0.717, 1.165) is 5.56 Å². The van der Waals surface area contributed by atoms with Gasteiger partial charge >= 0.3 is 0 Å². The second-order valence-electron chi connectivity index (χ2n) is 2.98. The minimum atomic E-state index is 0.381. The molecule has 2 N–H and O–H groups in total. The maximum absolute atomic E-state index is 5.87. The summed E-state index contributed by atoms with van der Waals surface area (Å²) < 4.78 is 0. The van der Waals surface area contributed by atoms with Crippen molar-refractivity contribution in [1.82, 2.24) is 9.97 Å². The first-order chi connectivity index (χ1) is 7.15. The smallest absolute Gasteiger partial charge is 0.141 e. The van der Waals surface area contributed by atoms with Gasteiger partial charge in [0, 0.05) is 15.6 Å². The summed E-state index contributed by atoms with van der Waals surface area (Å²) in [6, 6.07) is 5.21. The van der Waals surface area contributed by atoms with E-state index in [1.54, 1.807) is 24.4 Å². The van der Waals surface area contributed by atoms with Gasteiger partial charge in [0.25, 0.3) is 0 Å². The van der Waals surface area contributed by atoms with Crippen LogP contribution in [0.4, 0.5) is 5.82 Å². The normalized spacial score (nSPS) is 10.3. The molecular weight excluding hydrogens is 233 g/mol. The van der Waals surface area contributed by atoms with Crippen LogP contribution in [0.5, 0.6) is 0 Å². The third-order valence-electron chi connectivity index (χ3n) is 1.83. The molecule has 0 spiro atoms. The topological polar surface area (TPSA) is 51.8 Å². The Kier molecular flexibility index (Phi) is 2.75. The fourth-order valence-corrected chi connectivity index (χ4v) is 1.71. The molecule has 0 fully saturated rings. The Hall–Kier alpha value is -1.32. The third-order valence-corrected chi connectivity index (χ3v) is 2.27. The van der Waals surface area contributed by atoms with Crippen LogP contribution in [0, 0.1) is 0 Å². The minimum absolute atomic E-state index is 0.381. The monoisotopic (exact) mass is 239 g/mol. The summed E-state index contributed by atoms with van der Waals surface area (Å²) in [7, 11) is 0. The Morgan fingerprint density at radius 1 is 0.933 bits per heavy atom. The van der Waals surface area contributed by atoms with Crippen molar-refractivity contribution in [3.63, 3.8) is 0 Å². The van der Waals surface area contributed by atoms with Crippen LogP contribution in [-0.2, 0) is 0 Å². The maximum Gasteiger partial charge on any atom is 0.141 e. The van der Waals surface area contributed by atoms with E-state index in [0.29, 0.717) is 21.6 Å². The highest BCUT2D eigenvalue weighted by Gasteiger charge is 2.02. The molecule has 76 valence electrons. The highest BCUT2D eigenvalue weighted by Crippen LogP contribution is 2.25. The van der Waals surface area contributed by atoms with Crippen molar-refractivity contribution >= 4 is 29.0 Å². The lowest BCUT2D eigenvalue weighted by Gasteiger charge is -2.02. The van der Waals surface area contributed by atoms with Crippen LogP contribution >= 0.6 is 23.2 Å². The third kappa shape index (κ3) is 2.37. The van der Waals surface area contributed by atoms with Gasteiger partial charge in [-0.05, 0) is 18.2 Å². The average molecular weight is 240 g/mol. The molecule has 5 heteroatoms. The molecular formula is C10H7Cl2N3. The number of halogens is 2. The molecule has 0 unspecified atom stereocenters. The summed E-state index contributed by atoms with van der Waals surface area (Å²) in [5.74, 6) is 0.381. The first-order valence-corrected chi connectivity index (χ1v) is 4.95. The molecule has 1 aromatic heterocycles. The second-order valence-corrected chi connectivity index (χ2v) is 3.86. The highest BCUT2D eigenvalue weighted by molar-refractivity contribution is 6.35. The molecule has 2 rings (SSSR count). The van der Waals surface area contributed by atoms with Crippen LogP contribution in [0.25, 0.3) is 11.3 Å². The van der Waals surface area contributed by atoms with Gasteiger partial charge < -0.3 is 5.73 Å². The van der Waals surface area contributed by atoms with E-state index in [9.17, 15) is 0 Å². The Morgan fingerprint density at radius 2 is 1.60 bits per heavy atom. The molecule has 0 bridgehead atoms. The lowest BCUT2D eigenvalue weighted by Crippen LogP contribution is -1.92. The van der Waals surface area contributed by atoms with Gasteiger partial charge in [-0.2, -0.15) is 0 Å². The maximum atomic E-state index is 5.87. The van der Waals surface area contributed by atoms with Crippen molar-refractivity contribution in [3.8, 4) is 11.3 Å². The number of rotatable bonds is 1. The minimum Gasteiger partial charge on any atom is -0.382 e. The van der Waals surface area contributed by atoms with E-state index < -0.39 is 0 Å². The molecule has 0 aliphatic heterocycles. The van der Waals surface area contributed by atoms with Gasteiger partial charge in [-0.25, -0.2) is 4.98 Å². The molecule has 0 radical (unpaired) electrons. The highest BCUT2D eigenvalue weighted by atomic mass is 35.5. The van der Waals surface area contributed by atoms with Gasteiger partial charge in [0.05, 0.1) is 18.1 Å². The van der Waals surface area contributed by atoms with Crippen molar-refractivity contribution in [1.29, 1.82) is 0 Å². The number of aromatic nitrogens is 2. The van der Waals surface area contributed by atoms with Crippen LogP contribution in [0.2, 0.25) is 10.0 Å². The number of nitrogens with zero attached hydrogens (tertiary/aromatic N) is 2. The molecule has 0 saturated carbocycles. The molecule has 1 aromatic carbocycles. The molecule has 1 heterocycles. The largest absolute Gasteiger partial charge is 0.382 e. The number of nitrogens with two attached hydrogens (primary N) is 1. The summed E-state index contributed by atoms with van der Waals surface area (Å²) in [6.07, 6.45) is 3.07. The zero-order valence-electron chi connectivity index (χ0n) is 7.61. The second kappa shape index (κ2) is 4.04. The number of benzene rings is 1. The van der Waals surface area contributed by atoms with Crippen LogP contribution < -0.4 is 5.73 Å². The van der Waals surface area contributed by atoms with Gasteiger partial charge in [-0.15, -0.1) is 0 Å². The van der Waals surface area contributed by atoms with Gasteiger partial charge in [0.15, 0.2) is 0 Å². The van der Waals surface area contributed by atoms with E-state index >= 15 is 0 Å². The van der Waals surface area contributed by atoms with Gasteiger partial charge in [-0.1, -0.05) is 23.2 Å². The number of hydrogen-bond acceptors (Lipinski definition) is 3. The van der Waals surface area contributed by atoms with Crippen molar-refractivity contribution in [2.24, 2.45) is 0 Å². The van der Waals surface area contributed by atoms with E-state index in [4.69, 9.17) is 28.9 Å². The average Bonchev–Trinajstić information content (AvgIpc) is 2.17. The van der Waals surface area contributed by atoms with E-state index in [2.05, 4.69) is 9.97 Å². The zero-order valence-corrected chi connectivity index (χ0v) is 9.13. The van der Waals surface area contributed by atoms with E-state index in [1.165, 1.54) is 6.20 Å². The molecule has 0 aliphatic carbocycles. The van der Waals surface area contributed by atoms with Crippen molar-refractivity contribution < 1.29 is 0 Å². The Bertz CT molecular complexity index is 462. The molecule has 0 saturated heterocycles. The summed E-state index contributed by atoms with van der Waals surface area (Å²) in [5, 5.41) is 1.13. The summed E-state index contributed by atoms with van der Waals surface area (Å²) in [6.45, 7) is 0. The fourth-order valence-electron chi connectivity index (χ4n) is 1.19. The van der Waals surface area contributed by atoms with Gasteiger partial charge in [0.2, 0.25) is 0 Å². The Morgan fingerprint density at radius 3 is 2.13 bits per heavy atom. The summed E-state index contributed by atoms with van der Waals surface area (Å²) in [4.78, 5) is 8.07. The van der Waals surface area contributed by atoms with E-state index in [-0.39, 0.29) is 0 Å². The molecule has 0 amide bonds. The Balaban J connectivity index is 2.49. The quantitative estimate of drug-likeness (QED) is 0.833. The van der Waals surface area contributed by atoms with Crippen LogP contribution in [0.3, 0.4) is 0 Å². The summed E-state index contributed by atoms with van der Waals surface area (Å²) >= 11 is 11.7. The molecule has 0 atom stereocenters. The standard InChI is InChI=1S/C10H7Cl2N3/c11-7-1-6(2-8(12)3-7)9-4-15-10(13)5-14-9/h1-5H,(H2,13,15). The number of hydrogen-bond donors (Lipinski definition) is 1. The number of anilines is 1. The first kappa shape index (κ1) is 10.2. The zero-order chi connectivity index (χ0) is 10.8. The molecule has 0 aliphatic rings. The Labute approximate surface area is 96.9 Å². The molecule has 15 heavy (non-hydrogen) atoms. The first-order valence-electron chi connectivity index (χ1n) is 4.19. The molecule has 3 nitrogen and oxygen atoms in total. The predicted octanol–water partition coefficient (Wildman–Crippen LogP) is 3.03. The van der Waals surface area contributed by atoms with Gasteiger partial charge in [0.1, 0.15) is 5.82 Å². The van der Waals surface area contributed by atoms with Crippen molar-refractivity contribution in [2.45, 2.75) is 0 Å². The van der Waals surface area contributed by atoms with Gasteiger partial charge in [-0.3, -0.25) is 4.98 Å². The van der Waals surface area contributed by atoms with Crippen LogP contribution in [-0.4, -0.2) is 9.97 Å². The van der Waals surface area contributed by atoms with Crippen LogP contribution in [0.1, 0.15) is 0 Å². The molecule has 2 aromatic rings. The fraction of sp³-hybridized carbons (Fsp3) is 0. The van der Waals surface area contributed by atoms with Crippen molar-refractivity contribution in [3.05, 3.63) is 40.6 Å². The lowest BCUT2D eigenvalue weighted by atomic mass is 10.2. The summed E-state index contributed by atoms with van der Waals surface area (Å²) in [5.41, 5.74) is 6.95. The SMILES string of the molecule is Nc1cnc(-c2cc(Cl)cc(Cl)c2)cn1. The van der Waals surface area contributed by atoms with Crippen LogP contribution in [0.15, 0.2) is 30.6 Å². The predicted molar refractivity (Wildman–Crippen MR) is 61.9 cm³/mol. The van der Waals surface area contributed by atoms with E-state index in [1.807, 2.05) is 0 Å².